The molecule has 3 aromatic heterocycles. The number of benzene rings is 4. The minimum Gasteiger partial charge on any atom is -0.509 e. The van der Waals surface area contributed by atoms with E-state index in [0.717, 1.165) is 44.6 Å². The number of rotatable bonds is 7. The zero-order valence-electron chi connectivity index (χ0n) is 25.6. The van der Waals surface area contributed by atoms with Gasteiger partial charge in [-0.15, -0.1) is 35.7 Å². The summed E-state index contributed by atoms with van der Waals surface area (Å²) in [6.45, 7) is 4.29. The zero-order chi connectivity index (χ0) is 30.4. The molecule has 8 heteroatoms. The monoisotopic (exact) mass is 772 g/mol. The van der Waals surface area contributed by atoms with Crippen LogP contribution in [0.1, 0.15) is 11.1 Å². The van der Waals surface area contributed by atoms with Crippen LogP contribution in [0.2, 0.25) is 0 Å². The van der Waals surface area contributed by atoms with Crippen molar-refractivity contribution in [1.29, 1.82) is 0 Å². The van der Waals surface area contributed by atoms with Crippen molar-refractivity contribution in [3.8, 4) is 39.9 Å². The number of ether oxygens (including phenoxy) is 2. The summed E-state index contributed by atoms with van der Waals surface area (Å²) in [5, 5.41) is 6.84. The summed E-state index contributed by atoms with van der Waals surface area (Å²) < 4.78 is 15.7. The first-order valence-corrected chi connectivity index (χ1v) is 14.4. The Balaban J connectivity index is 0.00000357. The second-order valence-electron chi connectivity index (χ2n) is 11.0. The third-order valence-electron chi connectivity index (χ3n) is 7.86. The molecule has 7 nitrogen and oxygen atoms in total. The van der Waals surface area contributed by atoms with Gasteiger partial charge in [0.05, 0.1) is 13.3 Å². The van der Waals surface area contributed by atoms with E-state index in [9.17, 15) is 0 Å². The molecule has 7 rings (SSSR count). The van der Waals surface area contributed by atoms with E-state index < -0.39 is 0 Å². The number of methoxy groups -OCH3 is 1. The summed E-state index contributed by atoms with van der Waals surface area (Å²) in [5.41, 5.74) is 8.53. The third-order valence-corrected chi connectivity index (χ3v) is 7.86. The Morgan fingerprint density at radius 3 is 2.38 bits per heavy atom. The van der Waals surface area contributed by atoms with Crippen molar-refractivity contribution in [2.45, 2.75) is 13.8 Å². The van der Waals surface area contributed by atoms with Gasteiger partial charge in [0.1, 0.15) is 11.6 Å². The maximum absolute atomic E-state index is 6.33. The molecule has 0 aliphatic rings. The summed E-state index contributed by atoms with van der Waals surface area (Å²) in [4.78, 5) is 6.76. The first kappa shape index (κ1) is 30.2. The molecule has 3 heterocycles. The molecule has 0 fully saturated rings. The summed E-state index contributed by atoms with van der Waals surface area (Å²) in [7, 11) is 5.77. The van der Waals surface area contributed by atoms with E-state index in [4.69, 9.17) is 9.47 Å². The van der Waals surface area contributed by atoms with Crippen LogP contribution in [0.5, 0.6) is 17.2 Å². The molecule has 226 valence electrons. The minimum absolute atomic E-state index is 0. The molecule has 0 aliphatic carbocycles. The molecule has 0 spiro atoms. The van der Waals surface area contributed by atoms with Gasteiger partial charge in [0.2, 0.25) is 0 Å². The molecular weight excluding hydrogens is 742 g/mol. The van der Waals surface area contributed by atoms with Gasteiger partial charge in [0.25, 0.3) is 0 Å². The van der Waals surface area contributed by atoms with Crippen molar-refractivity contribution in [3.05, 3.63) is 121 Å². The van der Waals surface area contributed by atoms with Crippen LogP contribution in [0.25, 0.3) is 44.4 Å². The fraction of sp³-hybridized carbons (Fsp3) is 0.135. The number of pyridine rings is 1. The van der Waals surface area contributed by atoms with E-state index in [1.54, 1.807) is 13.3 Å². The molecule has 0 bridgehead atoms. The van der Waals surface area contributed by atoms with E-state index in [2.05, 4.69) is 90.0 Å². The van der Waals surface area contributed by atoms with Crippen molar-refractivity contribution >= 4 is 27.5 Å². The van der Waals surface area contributed by atoms with Crippen molar-refractivity contribution in [2.75, 3.05) is 26.1 Å². The Bertz CT molecular complexity index is 2140. The number of nitrogens with zero attached hydrogens (tertiary/aromatic N) is 5. The Hall–Kier alpha value is -4.87. The second kappa shape index (κ2) is 12.3. The largest absolute Gasteiger partial charge is 2.00 e. The average Bonchev–Trinajstić information content (AvgIpc) is 3.64. The number of fused-ring (bicyclic) bond motifs is 3. The van der Waals surface area contributed by atoms with E-state index in [0.29, 0.717) is 11.5 Å². The fourth-order valence-corrected chi connectivity index (χ4v) is 5.81. The second-order valence-corrected chi connectivity index (χ2v) is 11.0. The van der Waals surface area contributed by atoms with Gasteiger partial charge in [-0.3, -0.25) is 4.68 Å². The van der Waals surface area contributed by atoms with Gasteiger partial charge < -0.3 is 18.9 Å². The van der Waals surface area contributed by atoms with Crippen LogP contribution in [0.4, 0.5) is 5.69 Å². The third kappa shape index (κ3) is 5.60. The van der Waals surface area contributed by atoms with Crippen LogP contribution in [0.3, 0.4) is 0 Å². The van der Waals surface area contributed by atoms with Gasteiger partial charge in [-0.05, 0) is 65.9 Å². The van der Waals surface area contributed by atoms with E-state index in [-0.39, 0.29) is 21.1 Å². The Labute approximate surface area is 276 Å². The number of aromatic nitrogens is 4. The molecule has 0 radical (unpaired) electrons. The van der Waals surface area contributed by atoms with Crippen molar-refractivity contribution in [1.82, 2.24) is 19.3 Å². The molecule has 0 aliphatic heterocycles. The normalized spacial score (nSPS) is 11.0. The molecule has 0 saturated heterocycles. The molecule has 0 unspecified atom stereocenters. The van der Waals surface area contributed by atoms with Crippen molar-refractivity contribution < 1.29 is 30.5 Å². The molecule has 0 atom stereocenters. The predicted molar refractivity (Wildman–Crippen MR) is 176 cm³/mol. The maximum atomic E-state index is 6.33. The molecule has 0 saturated carbocycles. The first-order valence-electron chi connectivity index (χ1n) is 14.4. The molecular formula is C37H31N5O2Pt. The quantitative estimate of drug-likeness (QED) is 0.153. The summed E-state index contributed by atoms with van der Waals surface area (Å²) in [6, 6.07) is 33.1. The van der Waals surface area contributed by atoms with Crippen molar-refractivity contribution in [2.24, 2.45) is 0 Å². The number of aryl methyl sites for hydroxylation is 2. The Kier molecular flexibility index (Phi) is 8.22. The van der Waals surface area contributed by atoms with Crippen molar-refractivity contribution in [3.63, 3.8) is 0 Å². The van der Waals surface area contributed by atoms with Gasteiger partial charge in [-0.1, -0.05) is 23.7 Å². The van der Waals surface area contributed by atoms with E-state index in [1.807, 2.05) is 65.6 Å². The smallest absolute Gasteiger partial charge is 0.509 e. The number of hydrogen-bond donors (Lipinski definition) is 0. The van der Waals surface area contributed by atoms with Crippen LogP contribution >= 0.6 is 0 Å². The van der Waals surface area contributed by atoms with Crippen LogP contribution in [0, 0.1) is 26.0 Å². The molecule has 45 heavy (non-hydrogen) atoms. The molecule has 4 aromatic carbocycles. The summed E-state index contributed by atoms with van der Waals surface area (Å²) in [6.07, 6.45) is 5.69. The number of hydrogen-bond acceptors (Lipinski definition) is 5. The van der Waals surface area contributed by atoms with E-state index >= 15 is 0 Å². The van der Waals surface area contributed by atoms with Crippen LogP contribution in [0.15, 0.2) is 97.5 Å². The fourth-order valence-electron chi connectivity index (χ4n) is 5.81. The van der Waals surface area contributed by atoms with Gasteiger partial charge in [-0.2, -0.15) is 17.2 Å². The Morgan fingerprint density at radius 2 is 1.60 bits per heavy atom. The van der Waals surface area contributed by atoms with Gasteiger partial charge in [0, 0.05) is 60.8 Å². The maximum Gasteiger partial charge on any atom is 2.00 e. The predicted octanol–water partition coefficient (Wildman–Crippen LogP) is 8.11. The van der Waals surface area contributed by atoms with Crippen LogP contribution in [-0.2, 0) is 21.1 Å². The first-order chi connectivity index (χ1) is 21.4. The van der Waals surface area contributed by atoms with E-state index in [1.165, 1.54) is 22.4 Å². The van der Waals surface area contributed by atoms with Gasteiger partial charge in [0.15, 0.2) is 0 Å². The number of para-hydroxylation sites is 1. The van der Waals surface area contributed by atoms with Crippen LogP contribution < -0.4 is 14.4 Å². The SMILES string of the molecule is COc1ccnc(-n2c3[c-]c(Oc4[c-]c(-n5cc(-c6c(C)cc(N(C)C)cc6C)cn5)ccc4)ccc3c3ccccc32)c1.[Pt+2]. The molecule has 7 aromatic rings. The summed E-state index contributed by atoms with van der Waals surface area (Å²) in [5.74, 6) is 2.62. The number of anilines is 1. The average molecular weight is 773 g/mol. The van der Waals surface area contributed by atoms with Crippen LogP contribution in [-0.4, -0.2) is 40.5 Å². The standard InChI is InChI=1S/C37H31N5O2.Pt/c1-24-17-28(40(3)4)18-25(2)37(24)26-22-39-41(23-26)27-9-8-10-30(19-27)44-31-13-14-33-32-11-6-7-12-34(32)42(35(33)20-31)36-21-29(43-5)15-16-38-36;/h6-18,21-23H,1-5H3;/q-2;+2. The zero-order valence-corrected chi connectivity index (χ0v) is 27.9. The topological polar surface area (TPSA) is 57.3 Å². The summed E-state index contributed by atoms with van der Waals surface area (Å²) >= 11 is 0. The Morgan fingerprint density at radius 1 is 0.822 bits per heavy atom. The molecule has 0 amide bonds. The van der Waals surface area contributed by atoms with Gasteiger partial charge in [-0.25, -0.2) is 4.98 Å². The minimum atomic E-state index is 0. The van der Waals surface area contributed by atoms with Gasteiger partial charge >= 0.3 is 21.1 Å². The molecule has 0 N–H and O–H groups in total.